The number of rotatable bonds is 0. The molecule has 0 aromatic rings. The molecule has 0 bridgehead atoms. The Labute approximate surface area is 85.3 Å². The molecular formula is C10H21N2O2+. The summed E-state index contributed by atoms with van der Waals surface area (Å²) in [5.41, 5.74) is 5.59. The minimum absolute atomic E-state index is 0.0269. The highest BCUT2D eigenvalue weighted by atomic mass is 16.4. The van der Waals surface area contributed by atoms with Gasteiger partial charge in [-0.25, -0.2) is 4.48 Å². The molecule has 0 aromatic carbocycles. The van der Waals surface area contributed by atoms with Gasteiger partial charge < -0.3 is 10.8 Å². The molecule has 4 heteroatoms. The summed E-state index contributed by atoms with van der Waals surface area (Å²) in [6.07, 6.45) is 1.11. The van der Waals surface area contributed by atoms with Crippen molar-refractivity contribution in [1.29, 1.82) is 0 Å². The summed E-state index contributed by atoms with van der Waals surface area (Å²) in [6, 6.07) is 0.0269. The van der Waals surface area contributed by atoms with Crippen LogP contribution in [-0.2, 0) is 0 Å². The molecule has 1 heterocycles. The normalized spacial score (nSPS) is 34.1. The van der Waals surface area contributed by atoms with E-state index in [0.29, 0.717) is 13.1 Å². The zero-order chi connectivity index (χ0) is 11.0. The van der Waals surface area contributed by atoms with Crippen LogP contribution in [0.2, 0.25) is 0 Å². The van der Waals surface area contributed by atoms with E-state index >= 15 is 0 Å². The number of piperidine rings is 1. The Bertz CT molecular complexity index is 235. The smallest absolute Gasteiger partial charge is 0.435 e. The van der Waals surface area contributed by atoms with Gasteiger partial charge in [-0.3, -0.25) is 0 Å². The fraction of sp³-hybridized carbons (Fsp3) is 0.900. The topological polar surface area (TPSA) is 63.3 Å². The van der Waals surface area contributed by atoms with Crippen molar-refractivity contribution in [1.82, 2.24) is 0 Å². The third kappa shape index (κ3) is 1.77. The highest BCUT2D eigenvalue weighted by molar-refractivity contribution is 5.57. The molecule has 1 fully saturated rings. The van der Waals surface area contributed by atoms with Crippen molar-refractivity contribution in [2.45, 2.75) is 45.2 Å². The summed E-state index contributed by atoms with van der Waals surface area (Å²) in [6.45, 7) is 7.17. The maximum absolute atomic E-state index is 11.4. The molecule has 4 nitrogen and oxygen atoms in total. The maximum atomic E-state index is 11.4. The highest BCUT2D eigenvalue weighted by Gasteiger charge is 2.50. The Morgan fingerprint density at radius 1 is 1.50 bits per heavy atom. The third-order valence-electron chi connectivity index (χ3n) is 3.31. The van der Waals surface area contributed by atoms with Crippen LogP contribution in [0.25, 0.3) is 0 Å². The standard InChI is InChI=1S/C10H20N2O2/c1-10(2,3)12(9(13)14)6-4-5-8(11)7-12/h8H,4-7,11H2,1-3H3/p+1/t8-,12?/m0/s1. The van der Waals surface area contributed by atoms with Crippen molar-refractivity contribution in [3.05, 3.63) is 0 Å². The molecule has 1 aliphatic heterocycles. The van der Waals surface area contributed by atoms with Gasteiger partial charge in [-0.2, -0.15) is 4.79 Å². The summed E-state index contributed by atoms with van der Waals surface area (Å²) in [5.74, 6) is 0. The van der Waals surface area contributed by atoms with Crippen LogP contribution >= 0.6 is 0 Å². The number of carbonyl (C=O) groups is 1. The van der Waals surface area contributed by atoms with Crippen LogP contribution in [0.15, 0.2) is 0 Å². The third-order valence-corrected chi connectivity index (χ3v) is 3.31. The van der Waals surface area contributed by atoms with Gasteiger partial charge in [-0.15, -0.1) is 0 Å². The molecule has 0 radical (unpaired) electrons. The molecule has 1 rings (SSSR count). The average Bonchev–Trinajstić information content (AvgIpc) is 2.01. The monoisotopic (exact) mass is 201 g/mol. The van der Waals surface area contributed by atoms with Crippen molar-refractivity contribution in [3.63, 3.8) is 0 Å². The van der Waals surface area contributed by atoms with Crippen LogP contribution in [-0.4, -0.2) is 40.4 Å². The second-order valence-corrected chi connectivity index (χ2v) is 5.23. The number of hydrogen-bond donors (Lipinski definition) is 2. The number of nitrogens with zero attached hydrogens (tertiary/aromatic N) is 1. The fourth-order valence-electron chi connectivity index (χ4n) is 2.28. The van der Waals surface area contributed by atoms with Gasteiger partial charge in [0.05, 0.1) is 12.6 Å². The molecule has 2 atom stereocenters. The maximum Gasteiger partial charge on any atom is 0.514 e. The molecule has 14 heavy (non-hydrogen) atoms. The van der Waals surface area contributed by atoms with Gasteiger partial charge in [0, 0.05) is 0 Å². The lowest BCUT2D eigenvalue weighted by Crippen LogP contribution is -2.68. The van der Waals surface area contributed by atoms with Gasteiger partial charge in [-0.1, -0.05) is 0 Å². The van der Waals surface area contributed by atoms with Gasteiger partial charge in [0.2, 0.25) is 0 Å². The van der Waals surface area contributed by atoms with E-state index in [0.717, 1.165) is 12.8 Å². The van der Waals surface area contributed by atoms with E-state index in [1.54, 1.807) is 0 Å². The Morgan fingerprint density at radius 2 is 2.07 bits per heavy atom. The Hall–Kier alpha value is -0.610. The summed E-state index contributed by atoms with van der Waals surface area (Å²) < 4.78 is 0.105. The quantitative estimate of drug-likeness (QED) is 0.582. The van der Waals surface area contributed by atoms with E-state index in [2.05, 4.69) is 0 Å². The van der Waals surface area contributed by atoms with Crippen LogP contribution in [0.5, 0.6) is 0 Å². The number of likely N-dealkylation sites (tertiary alicyclic amines) is 1. The lowest BCUT2D eigenvalue weighted by Gasteiger charge is -2.47. The molecule has 0 spiro atoms. The Kier molecular flexibility index (Phi) is 2.88. The second kappa shape index (κ2) is 3.51. The van der Waals surface area contributed by atoms with E-state index in [1.165, 1.54) is 0 Å². The summed E-state index contributed by atoms with van der Waals surface area (Å²) in [4.78, 5) is 11.4. The van der Waals surface area contributed by atoms with Crippen LogP contribution < -0.4 is 5.73 Å². The first kappa shape index (κ1) is 11.5. The van der Waals surface area contributed by atoms with E-state index < -0.39 is 6.09 Å². The first-order chi connectivity index (χ1) is 6.29. The van der Waals surface area contributed by atoms with E-state index in [9.17, 15) is 9.90 Å². The van der Waals surface area contributed by atoms with Crippen molar-refractivity contribution in [2.24, 2.45) is 5.73 Å². The van der Waals surface area contributed by atoms with Gasteiger partial charge in [-0.05, 0) is 33.6 Å². The first-order valence-corrected chi connectivity index (χ1v) is 5.16. The minimum atomic E-state index is -0.743. The molecule has 1 amide bonds. The first-order valence-electron chi connectivity index (χ1n) is 5.16. The van der Waals surface area contributed by atoms with Crippen molar-refractivity contribution >= 4 is 6.09 Å². The second-order valence-electron chi connectivity index (χ2n) is 5.23. The van der Waals surface area contributed by atoms with Crippen molar-refractivity contribution in [3.8, 4) is 0 Å². The highest BCUT2D eigenvalue weighted by Crippen LogP contribution is 2.30. The zero-order valence-electron chi connectivity index (χ0n) is 9.29. The summed E-state index contributed by atoms with van der Waals surface area (Å²) >= 11 is 0. The lowest BCUT2D eigenvalue weighted by molar-refractivity contribution is -0.908. The Balaban J connectivity index is 2.98. The fourth-order valence-corrected chi connectivity index (χ4v) is 2.28. The predicted octanol–water partition coefficient (Wildman–Crippen LogP) is 1.40. The van der Waals surface area contributed by atoms with Crippen molar-refractivity contribution < 1.29 is 14.4 Å². The number of amides is 1. The number of nitrogens with two attached hydrogens (primary N) is 1. The molecular weight excluding hydrogens is 180 g/mol. The van der Waals surface area contributed by atoms with E-state index in [4.69, 9.17) is 5.73 Å². The minimum Gasteiger partial charge on any atom is -0.435 e. The Morgan fingerprint density at radius 3 is 2.36 bits per heavy atom. The lowest BCUT2D eigenvalue weighted by atomic mass is 9.94. The number of carboxylic acid groups (broad SMARTS) is 1. The van der Waals surface area contributed by atoms with Gasteiger partial charge in [0.25, 0.3) is 0 Å². The van der Waals surface area contributed by atoms with Crippen LogP contribution in [0.1, 0.15) is 33.6 Å². The molecule has 82 valence electrons. The van der Waals surface area contributed by atoms with Crippen LogP contribution in [0, 0.1) is 0 Å². The van der Waals surface area contributed by atoms with Gasteiger partial charge in [0.15, 0.2) is 0 Å². The molecule has 0 aromatic heterocycles. The number of hydrogen-bond acceptors (Lipinski definition) is 2. The van der Waals surface area contributed by atoms with Crippen molar-refractivity contribution in [2.75, 3.05) is 13.1 Å². The predicted molar refractivity (Wildman–Crippen MR) is 55.0 cm³/mol. The molecule has 1 saturated heterocycles. The molecule has 3 N–H and O–H groups in total. The summed E-state index contributed by atoms with van der Waals surface area (Å²) in [7, 11) is 0. The van der Waals surface area contributed by atoms with Crippen LogP contribution in [0.4, 0.5) is 4.79 Å². The number of quaternary nitrogens is 1. The zero-order valence-corrected chi connectivity index (χ0v) is 9.29. The summed E-state index contributed by atoms with van der Waals surface area (Å²) in [5, 5.41) is 9.36. The van der Waals surface area contributed by atoms with Gasteiger partial charge in [0.1, 0.15) is 12.1 Å². The van der Waals surface area contributed by atoms with Crippen LogP contribution in [0.3, 0.4) is 0 Å². The van der Waals surface area contributed by atoms with E-state index in [-0.39, 0.29) is 16.1 Å². The van der Waals surface area contributed by atoms with E-state index in [1.807, 2.05) is 20.8 Å². The molecule has 1 unspecified atom stereocenters. The largest absolute Gasteiger partial charge is 0.514 e. The SMILES string of the molecule is CC(C)(C)[N+]1(C(=O)O)CCC[C@H](N)C1. The average molecular weight is 201 g/mol. The molecule has 0 saturated carbocycles. The molecule has 1 aliphatic rings. The molecule has 0 aliphatic carbocycles. The van der Waals surface area contributed by atoms with Gasteiger partial charge >= 0.3 is 6.09 Å².